The summed E-state index contributed by atoms with van der Waals surface area (Å²) in [6.45, 7) is 7.00. The number of amides is 1. The Labute approximate surface area is 209 Å². The van der Waals surface area contributed by atoms with E-state index in [1.54, 1.807) is 28.6 Å². The Hall–Kier alpha value is -1.40. The van der Waals surface area contributed by atoms with Crippen LogP contribution in [0.3, 0.4) is 0 Å². The van der Waals surface area contributed by atoms with E-state index in [0.29, 0.717) is 36.9 Å². The predicted octanol–water partition coefficient (Wildman–Crippen LogP) is 2.27. The molecule has 0 aromatic heterocycles. The first kappa shape index (κ1) is 26.8. The average molecular weight is 578 g/mol. The minimum absolute atomic E-state index is 0. The van der Waals surface area contributed by atoms with Crippen LogP contribution in [-0.2, 0) is 14.8 Å². The zero-order valence-electron chi connectivity index (χ0n) is 18.8. The van der Waals surface area contributed by atoms with E-state index in [9.17, 15) is 13.2 Å². The Morgan fingerprint density at radius 1 is 1.12 bits per heavy atom. The summed E-state index contributed by atoms with van der Waals surface area (Å²) < 4.78 is 27.1. The highest BCUT2D eigenvalue weighted by atomic mass is 127. The number of hydrogen-bond donors (Lipinski definition) is 2. The van der Waals surface area contributed by atoms with Crippen molar-refractivity contribution in [1.29, 1.82) is 0 Å². The molecule has 8 nitrogen and oxygen atoms in total. The van der Waals surface area contributed by atoms with Crippen LogP contribution in [0.1, 0.15) is 39.0 Å². The first-order chi connectivity index (χ1) is 15.0. The number of benzene rings is 1. The third-order valence-corrected chi connectivity index (χ3v) is 7.79. The van der Waals surface area contributed by atoms with Gasteiger partial charge in [-0.15, -0.1) is 24.0 Å². The van der Waals surface area contributed by atoms with Gasteiger partial charge in [0, 0.05) is 52.2 Å². The number of sulfonamides is 1. The molecule has 0 saturated carbocycles. The summed E-state index contributed by atoms with van der Waals surface area (Å²) in [6, 6.07) is 8.64. The number of nitrogens with zero attached hydrogens (tertiary/aromatic N) is 3. The lowest BCUT2D eigenvalue weighted by atomic mass is 9.98. The second kappa shape index (κ2) is 13.3. The first-order valence-corrected chi connectivity index (χ1v) is 12.8. The minimum Gasteiger partial charge on any atom is -0.357 e. The molecule has 2 aliphatic rings. The number of guanidine groups is 1. The molecule has 0 atom stereocenters. The number of aliphatic imine (C=N–C) groups is 1. The second-order valence-electron chi connectivity index (χ2n) is 8.14. The van der Waals surface area contributed by atoms with Crippen molar-refractivity contribution in [3.05, 3.63) is 30.3 Å². The van der Waals surface area contributed by atoms with E-state index in [1.165, 1.54) is 0 Å². The van der Waals surface area contributed by atoms with Gasteiger partial charge in [0.2, 0.25) is 15.9 Å². The van der Waals surface area contributed by atoms with Gasteiger partial charge in [-0.1, -0.05) is 18.2 Å². The Kier molecular flexibility index (Phi) is 11.2. The fourth-order valence-electron chi connectivity index (χ4n) is 4.05. The van der Waals surface area contributed by atoms with Gasteiger partial charge < -0.3 is 15.5 Å². The molecule has 2 N–H and O–H groups in total. The van der Waals surface area contributed by atoms with E-state index in [4.69, 9.17) is 4.99 Å². The van der Waals surface area contributed by atoms with Crippen molar-refractivity contribution in [2.24, 2.45) is 10.9 Å². The van der Waals surface area contributed by atoms with E-state index in [0.717, 1.165) is 57.8 Å². The zero-order valence-corrected chi connectivity index (χ0v) is 22.0. The number of piperidine rings is 1. The molecule has 3 rings (SSSR count). The molecule has 2 saturated heterocycles. The molecule has 0 radical (unpaired) electrons. The lowest BCUT2D eigenvalue weighted by molar-refractivity contribution is -0.127. The quantitative estimate of drug-likeness (QED) is 0.203. The third-order valence-electron chi connectivity index (χ3n) is 5.87. The molecule has 1 aromatic carbocycles. The molecule has 32 heavy (non-hydrogen) atoms. The van der Waals surface area contributed by atoms with Gasteiger partial charge in [0.05, 0.1) is 4.90 Å². The van der Waals surface area contributed by atoms with Crippen LogP contribution in [0.25, 0.3) is 0 Å². The van der Waals surface area contributed by atoms with Crippen LogP contribution < -0.4 is 10.6 Å². The maximum atomic E-state index is 12.8. The molecule has 1 aromatic rings. The lowest BCUT2D eigenvalue weighted by Gasteiger charge is -2.30. The summed E-state index contributed by atoms with van der Waals surface area (Å²) in [6.07, 6.45) is 4.18. The predicted molar refractivity (Wildman–Crippen MR) is 138 cm³/mol. The molecule has 0 bridgehead atoms. The van der Waals surface area contributed by atoms with Gasteiger partial charge in [0.25, 0.3) is 0 Å². The molecule has 0 unspecified atom stereocenters. The van der Waals surface area contributed by atoms with Crippen molar-refractivity contribution in [2.75, 3.05) is 45.8 Å². The molecule has 2 fully saturated rings. The maximum absolute atomic E-state index is 12.8. The second-order valence-corrected chi connectivity index (χ2v) is 10.1. The first-order valence-electron chi connectivity index (χ1n) is 11.4. The largest absolute Gasteiger partial charge is 0.357 e. The van der Waals surface area contributed by atoms with Crippen molar-refractivity contribution in [3.63, 3.8) is 0 Å². The summed E-state index contributed by atoms with van der Waals surface area (Å²) in [7, 11) is -3.41. The maximum Gasteiger partial charge on any atom is 0.243 e. The number of nitrogens with one attached hydrogen (secondary N) is 2. The molecular weight excluding hydrogens is 541 g/mol. The van der Waals surface area contributed by atoms with Crippen LogP contribution in [0.4, 0.5) is 0 Å². The molecule has 1 amide bonds. The van der Waals surface area contributed by atoms with Gasteiger partial charge in [0.15, 0.2) is 5.96 Å². The summed E-state index contributed by atoms with van der Waals surface area (Å²) >= 11 is 0. The topological polar surface area (TPSA) is 94.1 Å². The lowest BCUT2D eigenvalue weighted by Crippen LogP contribution is -2.41. The highest BCUT2D eigenvalue weighted by molar-refractivity contribution is 14.0. The summed E-state index contributed by atoms with van der Waals surface area (Å²) in [5.74, 6) is 1.43. The highest BCUT2D eigenvalue weighted by Gasteiger charge is 2.29. The Balaban J connectivity index is 0.00000363. The van der Waals surface area contributed by atoms with E-state index >= 15 is 0 Å². The molecule has 0 aliphatic carbocycles. The number of carbonyl (C=O) groups is 1. The molecule has 2 heterocycles. The highest BCUT2D eigenvalue weighted by Crippen LogP contribution is 2.23. The SMILES string of the molecule is CCNC(=NCC1CCN(S(=O)(=O)c2ccccc2)CC1)NCCCN1CCCC1=O.I. The minimum atomic E-state index is -3.41. The Morgan fingerprint density at radius 3 is 2.47 bits per heavy atom. The van der Waals surface area contributed by atoms with Gasteiger partial charge in [-0.2, -0.15) is 4.31 Å². The molecule has 180 valence electrons. The molecule has 2 aliphatic heterocycles. The average Bonchev–Trinajstić information content (AvgIpc) is 3.20. The normalized spacial score (nSPS) is 18.5. The standard InChI is InChI=1S/C22H35N5O3S.HI/c1-2-23-22(24-13-7-15-26-14-6-10-21(26)28)25-18-19-11-16-27(17-12-19)31(29,30)20-8-4-3-5-9-20;/h3-5,8-9,19H,2,6-7,10-18H2,1H3,(H2,23,24,25);1H. The van der Waals surface area contributed by atoms with Crippen LogP contribution in [0.5, 0.6) is 0 Å². The fourth-order valence-corrected chi connectivity index (χ4v) is 5.54. The molecule has 10 heteroatoms. The van der Waals surface area contributed by atoms with E-state index in [1.807, 2.05) is 17.9 Å². The van der Waals surface area contributed by atoms with Gasteiger partial charge in [-0.3, -0.25) is 9.79 Å². The summed E-state index contributed by atoms with van der Waals surface area (Å²) in [5, 5.41) is 6.61. The van der Waals surface area contributed by atoms with Gasteiger partial charge in [0.1, 0.15) is 0 Å². The van der Waals surface area contributed by atoms with Crippen LogP contribution in [0.15, 0.2) is 40.2 Å². The number of halogens is 1. The van der Waals surface area contributed by atoms with Crippen molar-refractivity contribution in [1.82, 2.24) is 19.8 Å². The monoisotopic (exact) mass is 577 g/mol. The number of likely N-dealkylation sites (tertiary alicyclic amines) is 1. The summed E-state index contributed by atoms with van der Waals surface area (Å²) in [5.41, 5.74) is 0. The van der Waals surface area contributed by atoms with Crippen LogP contribution >= 0.6 is 24.0 Å². The molecule has 0 spiro atoms. The van der Waals surface area contributed by atoms with Crippen molar-refractivity contribution < 1.29 is 13.2 Å². The van der Waals surface area contributed by atoms with Gasteiger partial charge in [-0.05, 0) is 50.7 Å². The Bertz CT molecular complexity index is 842. The van der Waals surface area contributed by atoms with Crippen LogP contribution in [-0.4, -0.2) is 75.3 Å². The Morgan fingerprint density at radius 2 is 1.84 bits per heavy atom. The number of hydrogen-bond acceptors (Lipinski definition) is 4. The van der Waals surface area contributed by atoms with Crippen molar-refractivity contribution in [2.45, 2.75) is 43.9 Å². The smallest absolute Gasteiger partial charge is 0.243 e. The fraction of sp³-hybridized carbons (Fsp3) is 0.636. The van der Waals surface area contributed by atoms with Crippen LogP contribution in [0.2, 0.25) is 0 Å². The molecular formula is C22H36IN5O3S. The van der Waals surface area contributed by atoms with E-state index < -0.39 is 10.0 Å². The zero-order chi connectivity index (χ0) is 22.1. The van der Waals surface area contributed by atoms with E-state index in [-0.39, 0.29) is 29.9 Å². The van der Waals surface area contributed by atoms with E-state index in [2.05, 4.69) is 10.6 Å². The summed E-state index contributed by atoms with van der Waals surface area (Å²) in [4.78, 5) is 18.7. The number of carbonyl (C=O) groups excluding carboxylic acids is 1. The number of rotatable bonds is 9. The van der Waals surface area contributed by atoms with Gasteiger partial charge >= 0.3 is 0 Å². The third kappa shape index (κ3) is 7.58. The van der Waals surface area contributed by atoms with Crippen molar-refractivity contribution >= 4 is 45.9 Å². The van der Waals surface area contributed by atoms with Crippen LogP contribution in [0, 0.1) is 5.92 Å². The van der Waals surface area contributed by atoms with Gasteiger partial charge in [-0.25, -0.2) is 8.42 Å². The van der Waals surface area contributed by atoms with Crippen molar-refractivity contribution in [3.8, 4) is 0 Å².